The summed E-state index contributed by atoms with van der Waals surface area (Å²) < 4.78 is 2.32. The van der Waals surface area contributed by atoms with E-state index in [2.05, 4.69) is 21.0 Å². The van der Waals surface area contributed by atoms with Gasteiger partial charge in [-0.15, -0.1) is 0 Å². The van der Waals surface area contributed by atoms with E-state index in [1.54, 1.807) is 18.3 Å². The summed E-state index contributed by atoms with van der Waals surface area (Å²) in [6.07, 6.45) is 2.86. The molecule has 0 fully saturated rings. The molecule has 0 radical (unpaired) electrons. The number of nitrogens with zero attached hydrogens (tertiary/aromatic N) is 4. The quantitative estimate of drug-likeness (QED) is 0.748. The van der Waals surface area contributed by atoms with Gasteiger partial charge in [-0.1, -0.05) is 28.1 Å². The largest absolute Gasteiger partial charge is 0.550 e. The van der Waals surface area contributed by atoms with Gasteiger partial charge in [-0.3, -0.25) is 4.68 Å². The lowest BCUT2D eigenvalue weighted by Crippen LogP contribution is -2.23. The Bertz CT molecular complexity index is 840. The predicted molar refractivity (Wildman–Crippen MR) is 84.2 cm³/mol. The van der Waals surface area contributed by atoms with Crippen molar-refractivity contribution in [2.75, 3.05) is 0 Å². The third-order valence-corrected chi connectivity index (χ3v) is 3.47. The summed E-state index contributed by atoms with van der Waals surface area (Å²) in [5.74, 6) is -1.17. The minimum Gasteiger partial charge on any atom is -0.550 e. The van der Waals surface area contributed by atoms with Crippen LogP contribution >= 0.6 is 15.9 Å². The van der Waals surface area contributed by atoms with Gasteiger partial charge in [0.1, 0.15) is 17.7 Å². The number of aromatic nitrogens is 2. The maximum Gasteiger partial charge on any atom is 0.130 e. The molecular formula is C16H10BrN4O2-. The minimum atomic E-state index is -1.17. The summed E-state index contributed by atoms with van der Waals surface area (Å²) in [6, 6.07) is 11.0. The van der Waals surface area contributed by atoms with E-state index in [-0.39, 0.29) is 18.5 Å². The fraction of sp³-hybridized carbons (Fsp3) is 0.125. The van der Waals surface area contributed by atoms with Crippen LogP contribution in [0.15, 0.2) is 40.5 Å². The van der Waals surface area contributed by atoms with Crippen molar-refractivity contribution in [2.45, 2.75) is 13.0 Å². The fourth-order valence-electron chi connectivity index (χ4n) is 1.97. The zero-order chi connectivity index (χ0) is 16.8. The zero-order valence-corrected chi connectivity index (χ0v) is 13.4. The summed E-state index contributed by atoms with van der Waals surface area (Å²) >= 11 is 3.38. The maximum absolute atomic E-state index is 10.6. The fourth-order valence-corrected chi connectivity index (χ4v) is 2.37. The molecule has 1 aromatic carbocycles. The Kier molecular flexibility index (Phi) is 5.29. The van der Waals surface area contributed by atoms with Gasteiger partial charge >= 0.3 is 0 Å². The van der Waals surface area contributed by atoms with E-state index in [9.17, 15) is 9.90 Å². The highest BCUT2D eigenvalue weighted by molar-refractivity contribution is 9.10. The van der Waals surface area contributed by atoms with E-state index in [0.29, 0.717) is 11.3 Å². The second kappa shape index (κ2) is 7.39. The number of aryl methyl sites for hydroxylation is 1. The first kappa shape index (κ1) is 16.5. The van der Waals surface area contributed by atoms with Crippen LogP contribution in [0.2, 0.25) is 0 Å². The van der Waals surface area contributed by atoms with E-state index in [1.165, 1.54) is 10.8 Å². The van der Waals surface area contributed by atoms with Crippen molar-refractivity contribution in [1.82, 2.24) is 9.78 Å². The Balaban J connectivity index is 2.50. The molecule has 0 unspecified atom stereocenters. The first-order valence-corrected chi connectivity index (χ1v) is 7.38. The van der Waals surface area contributed by atoms with Gasteiger partial charge in [0.05, 0.1) is 5.69 Å². The lowest BCUT2D eigenvalue weighted by atomic mass is 10.1. The number of carboxylic acids is 1. The minimum absolute atomic E-state index is 0.0549. The number of carbonyl (C=O) groups is 1. The highest BCUT2D eigenvalue weighted by atomic mass is 79.9. The molecule has 1 heterocycles. The van der Waals surface area contributed by atoms with Crippen LogP contribution in [-0.4, -0.2) is 15.7 Å². The van der Waals surface area contributed by atoms with Crippen molar-refractivity contribution in [3.8, 4) is 23.4 Å². The van der Waals surface area contributed by atoms with E-state index < -0.39 is 5.97 Å². The Labute approximate surface area is 141 Å². The Morgan fingerprint density at radius 3 is 2.74 bits per heavy atom. The molecule has 23 heavy (non-hydrogen) atoms. The number of aliphatic carboxylic acids is 1. The summed E-state index contributed by atoms with van der Waals surface area (Å²) in [5, 5.41) is 32.8. The summed E-state index contributed by atoms with van der Waals surface area (Å²) in [7, 11) is 0. The molecule has 1 aromatic heterocycles. The van der Waals surface area contributed by atoms with Crippen LogP contribution in [0.1, 0.15) is 12.0 Å². The van der Waals surface area contributed by atoms with Crippen molar-refractivity contribution in [2.24, 2.45) is 0 Å². The average Bonchev–Trinajstić information content (AvgIpc) is 2.93. The predicted octanol–water partition coefficient (Wildman–Crippen LogP) is 1.88. The van der Waals surface area contributed by atoms with E-state index in [1.807, 2.05) is 24.3 Å². The average molecular weight is 370 g/mol. The monoisotopic (exact) mass is 369 g/mol. The van der Waals surface area contributed by atoms with Gasteiger partial charge in [-0.2, -0.15) is 15.6 Å². The SMILES string of the molecule is N#CC(C#N)=Cc1cn(CCC(=O)[O-])nc1-c1cccc(Br)c1. The first-order chi connectivity index (χ1) is 11.0. The van der Waals surface area contributed by atoms with Crippen LogP contribution in [0.25, 0.3) is 17.3 Å². The molecule has 0 aliphatic heterocycles. The second-order valence-electron chi connectivity index (χ2n) is 4.61. The van der Waals surface area contributed by atoms with E-state index >= 15 is 0 Å². The normalized spacial score (nSPS) is 9.70. The molecule has 0 saturated carbocycles. The molecule has 0 amide bonds. The molecule has 0 N–H and O–H groups in total. The number of halogens is 1. The molecule has 0 saturated heterocycles. The Hall–Kier alpha value is -2.90. The summed E-state index contributed by atoms with van der Waals surface area (Å²) in [5.41, 5.74) is 1.86. The van der Waals surface area contributed by atoms with Crippen LogP contribution < -0.4 is 5.11 Å². The van der Waals surface area contributed by atoms with Crippen LogP contribution in [0.3, 0.4) is 0 Å². The molecule has 0 aliphatic carbocycles. The number of hydrogen-bond acceptors (Lipinski definition) is 5. The molecule has 114 valence electrons. The van der Waals surface area contributed by atoms with Gasteiger partial charge in [-0.05, 0) is 18.2 Å². The first-order valence-electron chi connectivity index (χ1n) is 6.58. The molecule has 0 spiro atoms. The number of benzene rings is 1. The zero-order valence-electron chi connectivity index (χ0n) is 11.9. The Morgan fingerprint density at radius 2 is 2.13 bits per heavy atom. The number of hydrogen-bond donors (Lipinski definition) is 0. The van der Waals surface area contributed by atoms with Gasteiger partial charge < -0.3 is 9.90 Å². The smallest absolute Gasteiger partial charge is 0.130 e. The third-order valence-electron chi connectivity index (χ3n) is 2.97. The van der Waals surface area contributed by atoms with Crippen molar-refractivity contribution in [3.63, 3.8) is 0 Å². The molecule has 7 heteroatoms. The number of allylic oxidation sites excluding steroid dienone is 1. The number of carboxylic acid groups (broad SMARTS) is 1. The van der Waals surface area contributed by atoms with Crippen LogP contribution in [0.4, 0.5) is 0 Å². The molecular weight excluding hydrogens is 360 g/mol. The maximum atomic E-state index is 10.6. The molecule has 0 atom stereocenters. The van der Waals surface area contributed by atoms with Crippen molar-refractivity contribution >= 4 is 28.0 Å². The lowest BCUT2D eigenvalue weighted by Gasteiger charge is -2.02. The number of rotatable bonds is 5. The topological polar surface area (TPSA) is 106 Å². The number of carbonyl (C=O) groups excluding carboxylic acids is 1. The van der Waals surface area contributed by atoms with Gasteiger partial charge in [0, 0.05) is 40.7 Å². The molecule has 0 bridgehead atoms. The lowest BCUT2D eigenvalue weighted by molar-refractivity contribution is -0.306. The highest BCUT2D eigenvalue weighted by Gasteiger charge is 2.11. The van der Waals surface area contributed by atoms with Gasteiger partial charge in [0.15, 0.2) is 0 Å². The van der Waals surface area contributed by atoms with Gasteiger partial charge in [0.25, 0.3) is 0 Å². The summed E-state index contributed by atoms with van der Waals surface area (Å²) in [4.78, 5) is 10.6. The van der Waals surface area contributed by atoms with Crippen molar-refractivity contribution in [1.29, 1.82) is 10.5 Å². The third kappa shape index (κ3) is 4.29. The molecule has 0 aliphatic rings. The van der Waals surface area contributed by atoms with Crippen LogP contribution in [-0.2, 0) is 11.3 Å². The Morgan fingerprint density at radius 1 is 1.39 bits per heavy atom. The van der Waals surface area contributed by atoms with E-state index in [0.717, 1.165) is 10.0 Å². The van der Waals surface area contributed by atoms with Gasteiger partial charge in [0.2, 0.25) is 0 Å². The van der Waals surface area contributed by atoms with Crippen molar-refractivity contribution < 1.29 is 9.90 Å². The second-order valence-corrected chi connectivity index (χ2v) is 5.53. The van der Waals surface area contributed by atoms with Gasteiger partial charge in [-0.25, -0.2) is 0 Å². The highest BCUT2D eigenvalue weighted by Crippen LogP contribution is 2.26. The number of nitriles is 2. The standard InChI is InChI=1S/C16H11BrN4O2/c17-14-3-1-2-12(7-14)16-13(6-11(8-18)9-19)10-21(20-16)5-4-15(22)23/h1-3,6-7,10H,4-5H2,(H,22,23)/p-1. The summed E-state index contributed by atoms with van der Waals surface area (Å²) in [6.45, 7) is 0.144. The van der Waals surface area contributed by atoms with Crippen LogP contribution in [0, 0.1) is 22.7 Å². The van der Waals surface area contributed by atoms with Crippen molar-refractivity contribution in [3.05, 3.63) is 46.1 Å². The molecule has 6 nitrogen and oxygen atoms in total. The molecule has 2 aromatic rings. The van der Waals surface area contributed by atoms with E-state index in [4.69, 9.17) is 10.5 Å². The molecule has 2 rings (SSSR count). The van der Waals surface area contributed by atoms with Crippen LogP contribution in [0.5, 0.6) is 0 Å².